The number of hydrogen-bond donors (Lipinski definition) is 1. The number of benzene rings is 2. The quantitative estimate of drug-likeness (QED) is 0.724. The molecule has 2 aromatic rings. The molecule has 2 rings (SSSR count). The molecule has 0 spiro atoms. The lowest BCUT2D eigenvalue weighted by Gasteiger charge is -2.19. The van der Waals surface area contributed by atoms with Gasteiger partial charge in [-0.3, -0.25) is 9.10 Å². The summed E-state index contributed by atoms with van der Waals surface area (Å²) >= 11 is 0. The minimum absolute atomic E-state index is 0.0600. The number of nitrogens with zero attached hydrogens (tertiary/aromatic N) is 1. The number of hydrogen-bond acceptors (Lipinski definition) is 3. The first-order chi connectivity index (χ1) is 12.4. The molecule has 138 valence electrons. The molecule has 0 saturated heterocycles. The van der Waals surface area contributed by atoms with E-state index in [9.17, 15) is 13.2 Å². The van der Waals surface area contributed by atoms with Crippen molar-refractivity contribution in [1.29, 1.82) is 0 Å². The number of nitrogens with one attached hydrogen (secondary N) is 1. The predicted octanol–water partition coefficient (Wildman–Crippen LogP) is 3.06. The molecule has 0 bridgehead atoms. The van der Waals surface area contributed by atoms with Crippen LogP contribution in [0.25, 0.3) is 6.08 Å². The van der Waals surface area contributed by atoms with E-state index in [2.05, 4.69) is 5.32 Å². The number of amides is 1. The highest BCUT2D eigenvalue weighted by molar-refractivity contribution is 7.92. The summed E-state index contributed by atoms with van der Waals surface area (Å²) in [4.78, 5) is 12.3. The van der Waals surface area contributed by atoms with E-state index in [1.54, 1.807) is 24.3 Å². The largest absolute Gasteiger partial charge is 0.351 e. The number of para-hydroxylation sites is 1. The Morgan fingerprint density at radius 2 is 1.62 bits per heavy atom. The Morgan fingerprint density at radius 3 is 2.19 bits per heavy atom. The maximum Gasteiger partial charge on any atom is 0.247 e. The first-order valence-electron chi connectivity index (χ1n) is 8.49. The highest BCUT2D eigenvalue weighted by Gasteiger charge is 2.18. The summed E-state index contributed by atoms with van der Waals surface area (Å²) < 4.78 is 26.0. The molecule has 1 amide bonds. The topological polar surface area (TPSA) is 66.5 Å². The zero-order chi connectivity index (χ0) is 19.0. The molecule has 26 heavy (non-hydrogen) atoms. The summed E-state index contributed by atoms with van der Waals surface area (Å²) in [6.07, 6.45) is 2.39. The lowest BCUT2D eigenvalue weighted by molar-refractivity contribution is -0.117. The third-order valence-electron chi connectivity index (χ3n) is 4.00. The van der Waals surface area contributed by atoms with Gasteiger partial charge in [0, 0.05) is 19.2 Å². The van der Waals surface area contributed by atoms with Gasteiger partial charge in [0.2, 0.25) is 15.9 Å². The van der Waals surface area contributed by atoms with E-state index in [1.165, 1.54) is 11.4 Å². The molecule has 0 radical (unpaired) electrons. The van der Waals surface area contributed by atoms with Gasteiger partial charge in [-0.2, -0.15) is 0 Å². The van der Waals surface area contributed by atoms with E-state index >= 15 is 0 Å². The maximum absolute atomic E-state index is 12.4. The second-order valence-electron chi connectivity index (χ2n) is 5.81. The Bertz CT molecular complexity index is 847. The first kappa shape index (κ1) is 19.7. The van der Waals surface area contributed by atoms with E-state index in [4.69, 9.17) is 0 Å². The Labute approximate surface area is 155 Å². The molecule has 6 heteroatoms. The van der Waals surface area contributed by atoms with Crippen LogP contribution in [0.4, 0.5) is 5.69 Å². The van der Waals surface area contributed by atoms with Crippen molar-refractivity contribution in [3.8, 4) is 0 Å². The minimum Gasteiger partial charge on any atom is -0.351 e. The summed E-state index contributed by atoms with van der Waals surface area (Å²) in [6.45, 7) is 1.96. The highest BCUT2D eigenvalue weighted by atomic mass is 32.2. The summed E-state index contributed by atoms with van der Waals surface area (Å²) in [5.74, 6) is -0.402. The van der Waals surface area contributed by atoms with Gasteiger partial charge in [0.15, 0.2) is 0 Å². The smallest absolute Gasteiger partial charge is 0.247 e. The lowest BCUT2D eigenvalue weighted by atomic mass is 10.1. The molecule has 0 aromatic heterocycles. The van der Waals surface area contributed by atoms with E-state index in [0.29, 0.717) is 17.7 Å². The molecule has 0 aliphatic heterocycles. The van der Waals surface area contributed by atoms with Crippen LogP contribution in [0.3, 0.4) is 0 Å². The highest BCUT2D eigenvalue weighted by Crippen LogP contribution is 2.15. The fraction of sp³-hybridized carbons (Fsp3) is 0.250. The third kappa shape index (κ3) is 5.46. The number of anilines is 1. The molecular formula is C20H24N2O3S. The summed E-state index contributed by atoms with van der Waals surface area (Å²) in [7, 11) is -1.99. The predicted molar refractivity (Wildman–Crippen MR) is 106 cm³/mol. The molecule has 5 nitrogen and oxygen atoms in total. The van der Waals surface area contributed by atoms with E-state index in [-0.39, 0.29) is 18.2 Å². The number of carbonyl (C=O) groups excluding carboxylic acids is 1. The molecule has 0 unspecified atom stereocenters. The molecular weight excluding hydrogens is 348 g/mol. The third-order valence-corrected chi connectivity index (χ3v) is 5.76. The lowest BCUT2D eigenvalue weighted by Crippen LogP contribution is -2.36. The molecule has 0 aliphatic carbocycles. The molecule has 0 atom stereocenters. The van der Waals surface area contributed by atoms with Crippen molar-refractivity contribution in [1.82, 2.24) is 5.32 Å². The van der Waals surface area contributed by atoms with Crippen molar-refractivity contribution in [2.45, 2.75) is 13.3 Å². The molecule has 0 heterocycles. The molecule has 0 fully saturated rings. The second kappa shape index (κ2) is 9.20. The maximum atomic E-state index is 12.4. The van der Waals surface area contributed by atoms with Crippen molar-refractivity contribution < 1.29 is 13.2 Å². The van der Waals surface area contributed by atoms with Crippen LogP contribution in [-0.4, -0.2) is 33.7 Å². The zero-order valence-corrected chi connectivity index (χ0v) is 15.9. The monoisotopic (exact) mass is 372 g/mol. The standard InChI is InChI=1S/C20H24N2O3S/c1-3-18(16-17-10-6-4-7-11-17)20(23)21-14-15-26(24,25)22(2)19-12-8-5-9-13-19/h4-13,16H,3,14-15H2,1-2H3,(H,21,23)/b18-16+. The van der Waals surface area contributed by atoms with E-state index in [0.717, 1.165) is 5.56 Å². The fourth-order valence-corrected chi connectivity index (χ4v) is 3.50. The number of rotatable bonds is 8. The summed E-state index contributed by atoms with van der Waals surface area (Å²) in [5, 5.41) is 2.70. The van der Waals surface area contributed by atoms with Crippen LogP contribution in [0.5, 0.6) is 0 Å². The minimum atomic E-state index is -3.50. The van der Waals surface area contributed by atoms with Crippen LogP contribution >= 0.6 is 0 Å². The summed E-state index contributed by atoms with van der Waals surface area (Å²) in [5.41, 5.74) is 2.15. The van der Waals surface area contributed by atoms with Gasteiger partial charge in [0.1, 0.15) is 0 Å². The fourth-order valence-electron chi connectivity index (χ4n) is 2.42. The molecule has 2 aromatic carbocycles. The second-order valence-corrected chi connectivity index (χ2v) is 7.93. The van der Waals surface area contributed by atoms with Crippen LogP contribution in [-0.2, 0) is 14.8 Å². The Balaban J connectivity index is 1.95. The van der Waals surface area contributed by atoms with Crippen LogP contribution < -0.4 is 9.62 Å². The normalized spacial score (nSPS) is 11.8. The van der Waals surface area contributed by atoms with Gasteiger partial charge in [0.05, 0.1) is 11.4 Å². The summed E-state index contributed by atoms with van der Waals surface area (Å²) in [6, 6.07) is 18.4. The van der Waals surface area contributed by atoms with Crippen molar-refractivity contribution in [2.24, 2.45) is 0 Å². The van der Waals surface area contributed by atoms with Crippen LogP contribution in [0, 0.1) is 0 Å². The first-order valence-corrected chi connectivity index (χ1v) is 10.1. The van der Waals surface area contributed by atoms with E-state index in [1.807, 2.05) is 49.4 Å². The van der Waals surface area contributed by atoms with E-state index < -0.39 is 10.0 Å². The molecule has 1 N–H and O–H groups in total. The zero-order valence-electron chi connectivity index (χ0n) is 15.1. The van der Waals surface area contributed by atoms with Gasteiger partial charge < -0.3 is 5.32 Å². The van der Waals surface area contributed by atoms with Gasteiger partial charge in [-0.25, -0.2) is 8.42 Å². The molecule has 0 aliphatic rings. The Kier molecular flexibility index (Phi) is 6.97. The van der Waals surface area contributed by atoms with Crippen molar-refractivity contribution in [3.63, 3.8) is 0 Å². The van der Waals surface area contributed by atoms with Gasteiger partial charge >= 0.3 is 0 Å². The van der Waals surface area contributed by atoms with Crippen molar-refractivity contribution in [3.05, 3.63) is 71.8 Å². The van der Waals surface area contributed by atoms with Crippen molar-refractivity contribution in [2.75, 3.05) is 23.7 Å². The van der Waals surface area contributed by atoms with Gasteiger partial charge in [0.25, 0.3) is 0 Å². The van der Waals surface area contributed by atoms with Crippen LogP contribution in [0.15, 0.2) is 66.2 Å². The SMILES string of the molecule is CC/C(=C\c1ccccc1)C(=O)NCCS(=O)(=O)N(C)c1ccccc1. The Hall–Kier alpha value is -2.60. The van der Waals surface area contributed by atoms with Crippen molar-refractivity contribution >= 4 is 27.7 Å². The van der Waals surface area contributed by atoms with Gasteiger partial charge in [-0.05, 0) is 30.2 Å². The van der Waals surface area contributed by atoms with Gasteiger partial charge in [-0.15, -0.1) is 0 Å². The van der Waals surface area contributed by atoms with Crippen LogP contribution in [0.1, 0.15) is 18.9 Å². The average Bonchev–Trinajstić information content (AvgIpc) is 2.66. The Morgan fingerprint density at radius 1 is 1.04 bits per heavy atom. The van der Waals surface area contributed by atoms with Gasteiger partial charge in [-0.1, -0.05) is 55.5 Å². The average molecular weight is 372 g/mol. The van der Waals surface area contributed by atoms with Crippen LogP contribution in [0.2, 0.25) is 0 Å². The molecule has 0 saturated carbocycles. The number of carbonyl (C=O) groups is 1. The number of sulfonamides is 1.